The lowest BCUT2D eigenvalue weighted by Crippen LogP contribution is -1.87. The first kappa shape index (κ1) is 14.9. The zero-order valence-electron chi connectivity index (χ0n) is 14.3. The first-order chi connectivity index (χ1) is 12.9. The smallest absolute Gasteiger partial charge is 0.00137 e. The van der Waals surface area contributed by atoms with Crippen molar-refractivity contribution in [1.82, 2.24) is 0 Å². The lowest BCUT2D eigenvalue weighted by Gasteiger charge is -2.13. The van der Waals surface area contributed by atoms with Gasteiger partial charge in [-0.1, -0.05) is 97.1 Å². The van der Waals surface area contributed by atoms with Crippen molar-refractivity contribution >= 4 is 21.5 Å². The molecule has 0 amide bonds. The highest BCUT2D eigenvalue weighted by atomic mass is 14.1. The van der Waals surface area contributed by atoms with Crippen molar-refractivity contribution in [1.29, 1.82) is 0 Å². The van der Waals surface area contributed by atoms with Gasteiger partial charge in [0.15, 0.2) is 0 Å². The van der Waals surface area contributed by atoms with Crippen molar-refractivity contribution in [2.45, 2.75) is 0 Å². The Hall–Kier alpha value is -3.38. The van der Waals surface area contributed by atoms with Gasteiger partial charge in [0.05, 0.1) is 0 Å². The van der Waals surface area contributed by atoms with Gasteiger partial charge in [-0.3, -0.25) is 0 Å². The van der Waals surface area contributed by atoms with Crippen LogP contribution in [-0.2, 0) is 0 Å². The van der Waals surface area contributed by atoms with E-state index >= 15 is 0 Å². The fourth-order valence-corrected chi connectivity index (χ4v) is 3.69. The van der Waals surface area contributed by atoms with Crippen LogP contribution in [0.2, 0.25) is 0 Å². The van der Waals surface area contributed by atoms with Crippen LogP contribution in [0.4, 0.5) is 0 Å². The summed E-state index contributed by atoms with van der Waals surface area (Å²) in [6, 6.07) is 40.0. The average molecular weight is 329 g/mol. The van der Waals surface area contributed by atoms with E-state index in [9.17, 15) is 0 Å². The molecule has 0 saturated heterocycles. The SMILES string of the molecule is [c]1c2ccccc2c(-c2ccccc2)c2ccc(-c3ccccc3)cc12. The Kier molecular flexibility index (Phi) is 3.54. The van der Waals surface area contributed by atoms with Crippen LogP contribution in [0.15, 0.2) is 103 Å². The summed E-state index contributed by atoms with van der Waals surface area (Å²) >= 11 is 0. The Morgan fingerprint density at radius 1 is 0.423 bits per heavy atom. The first-order valence-electron chi connectivity index (χ1n) is 8.89. The Labute approximate surface area is 153 Å². The predicted octanol–water partition coefficient (Wildman–Crippen LogP) is 7.13. The maximum absolute atomic E-state index is 3.63. The summed E-state index contributed by atoms with van der Waals surface area (Å²) in [7, 11) is 0. The van der Waals surface area contributed by atoms with E-state index in [0.717, 1.165) is 10.8 Å². The number of benzene rings is 5. The summed E-state index contributed by atoms with van der Waals surface area (Å²) < 4.78 is 0. The molecule has 0 heterocycles. The van der Waals surface area contributed by atoms with E-state index in [-0.39, 0.29) is 0 Å². The monoisotopic (exact) mass is 329 g/mol. The summed E-state index contributed by atoms with van der Waals surface area (Å²) in [5, 5.41) is 4.81. The molecule has 5 rings (SSSR count). The molecule has 5 aromatic rings. The molecule has 0 bridgehead atoms. The zero-order valence-corrected chi connectivity index (χ0v) is 14.3. The van der Waals surface area contributed by atoms with E-state index in [0.29, 0.717) is 0 Å². The van der Waals surface area contributed by atoms with Gasteiger partial charge in [0, 0.05) is 0 Å². The van der Waals surface area contributed by atoms with Crippen molar-refractivity contribution in [3.63, 3.8) is 0 Å². The molecule has 0 fully saturated rings. The van der Waals surface area contributed by atoms with Gasteiger partial charge in [0.1, 0.15) is 0 Å². The van der Waals surface area contributed by atoms with Gasteiger partial charge < -0.3 is 0 Å². The molecule has 121 valence electrons. The molecule has 0 heteroatoms. The van der Waals surface area contributed by atoms with Crippen LogP contribution in [0.25, 0.3) is 43.8 Å². The molecular formula is C26H17. The standard InChI is InChI=1S/C26H17/c1-3-9-19(10-4-1)21-15-16-25-23(17-21)18-22-13-7-8-14-24(22)26(25)20-11-5-2-6-12-20/h1-17H. The molecule has 0 atom stereocenters. The van der Waals surface area contributed by atoms with Gasteiger partial charge in [-0.25, -0.2) is 0 Å². The summed E-state index contributed by atoms with van der Waals surface area (Å²) in [6.07, 6.45) is 0. The Morgan fingerprint density at radius 2 is 1.04 bits per heavy atom. The molecule has 26 heavy (non-hydrogen) atoms. The lowest BCUT2D eigenvalue weighted by molar-refractivity contribution is 1.64. The highest BCUT2D eigenvalue weighted by molar-refractivity contribution is 6.12. The van der Waals surface area contributed by atoms with Crippen LogP contribution in [0.5, 0.6) is 0 Å². The average Bonchev–Trinajstić information content (AvgIpc) is 2.73. The minimum Gasteiger partial charge on any atom is -0.0622 e. The van der Waals surface area contributed by atoms with Gasteiger partial charge in [0.25, 0.3) is 0 Å². The molecule has 0 unspecified atom stereocenters. The third-order valence-electron chi connectivity index (χ3n) is 4.92. The Morgan fingerprint density at radius 3 is 1.81 bits per heavy atom. The summed E-state index contributed by atoms with van der Waals surface area (Å²) in [5.74, 6) is 0. The van der Waals surface area contributed by atoms with Crippen molar-refractivity contribution in [2.75, 3.05) is 0 Å². The second-order valence-electron chi connectivity index (χ2n) is 6.54. The van der Waals surface area contributed by atoms with Crippen LogP contribution in [0.1, 0.15) is 0 Å². The van der Waals surface area contributed by atoms with Crippen molar-refractivity contribution in [3.8, 4) is 22.3 Å². The minimum absolute atomic E-state index is 1.16. The molecule has 0 aromatic heterocycles. The number of hydrogen-bond donors (Lipinski definition) is 0. The molecule has 0 saturated carbocycles. The second-order valence-corrected chi connectivity index (χ2v) is 6.54. The van der Waals surface area contributed by atoms with Gasteiger partial charge in [0.2, 0.25) is 0 Å². The van der Waals surface area contributed by atoms with Gasteiger partial charge in [-0.05, 0) is 55.9 Å². The van der Waals surface area contributed by atoms with Crippen LogP contribution in [-0.4, -0.2) is 0 Å². The zero-order chi connectivity index (χ0) is 17.3. The van der Waals surface area contributed by atoms with Crippen LogP contribution < -0.4 is 0 Å². The van der Waals surface area contributed by atoms with Gasteiger partial charge >= 0.3 is 0 Å². The van der Waals surface area contributed by atoms with Crippen molar-refractivity contribution in [3.05, 3.63) is 109 Å². The van der Waals surface area contributed by atoms with E-state index in [1.807, 2.05) is 0 Å². The fraction of sp³-hybridized carbons (Fsp3) is 0. The van der Waals surface area contributed by atoms with Crippen LogP contribution >= 0.6 is 0 Å². The normalized spacial score (nSPS) is 11.1. The van der Waals surface area contributed by atoms with Gasteiger partial charge in [-0.15, -0.1) is 0 Å². The summed E-state index contributed by atoms with van der Waals surface area (Å²) in [5.41, 5.74) is 4.99. The van der Waals surface area contributed by atoms with Gasteiger partial charge in [-0.2, -0.15) is 0 Å². The van der Waals surface area contributed by atoms with E-state index in [4.69, 9.17) is 0 Å². The number of rotatable bonds is 2. The molecule has 0 nitrogen and oxygen atoms in total. The van der Waals surface area contributed by atoms with E-state index in [1.54, 1.807) is 0 Å². The third-order valence-corrected chi connectivity index (χ3v) is 4.92. The predicted molar refractivity (Wildman–Crippen MR) is 111 cm³/mol. The number of fused-ring (bicyclic) bond motifs is 2. The van der Waals surface area contributed by atoms with E-state index in [2.05, 4.69) is 109 Å². The molecule has 0 aliphatic carbocycles. The van der Waals surface area contributed by atoms with E-state index in [1.165, 1.54) is 33.0 Å². The molecule has 0 N–H and O–H groups in total. The largest absolute Gasteiger partial charge is 0.0622 e. The molecule has 0 aliphatic heterocycles. The maximum atomic E-state index is 3.63. The summed E-state index contributed by atoms with van der Waals surface area (Å²) in [4.78, 5) is 0. The minimum atomic E-state index is 1.16. The Bertz CT molecular complexity index is 1200. The van der Waals surface area contributed by atoms with Crippen LogP contribution in [0, 0.1) is 6.07 Å². The third kappa shape index (κ3) is 2.48. The summed E-state index contributed by atoms with van der Waals surface area (Å²) in [6.45, 7) is 0. The molecular weight excluding hydrogens is 312 g/mol. The molecule has 1 radical (unpaired) electrons. The lowest BCUT2D eigenvalue weighted by atomic mass is 9.90. The number of hydrogen-bond acceptors (Lipinski definition) is 0. The molecule has 5 aromatic carbocycles. The highest BCUT2D eigenvalue weighted by Gasteiger charge is 2.10. The highest BCUT2D eigenvalue weighted by Crippen LogP contribution is 2.37. The van der Waals surface area contributed by atoms with Crippen molar-refractivity contribution < 1.29 is 0 Å². The fourth-order valence-electron chi connectivity index (χ4n) is 3.69. The maximum Gasteiger partial charge on any atom is -0.00137 e. The Balaban J connectivity index is 1.85. The molecule has 0 spiro atoms. The van der Waals surface area contributed by atoms with E-state index < -0.39 is 0 Å². The molecule has 0 aliphatic rings. The topological polar surface area (TPSA) is 0 Å². The quantitative estimate of drug-likeness (QED) is 0.302. The van der Waals surface area contributed by atoms with Crippen molar-refractivity contribution in [2.24, 2.45) is 0 Å². The second kappa shape index (κ2) is 6.16. The van der Waals surface area contributed by atoms with Crippen LogP contribution in [0.3, 0.4) is 0 Å². The first-order valence-corrected chi connectivity index (χ1v) is 8.89.